The largest absolute Gasteiger partial charge is 0.399 e. The number of nitrogen functional groups attached to an aromatic ring is 1. The topological polar surface area (TPSA) is 101 Å². The molecule has 1 atom stereocenters. The standard InChI is InChI=1S/C12H17N3O3S/c13-10-4-1-3-9(7-10)8-19(17,18)15-11-5-2-6-14-12(11)16/h1,3-4,7,11,15H,2,5-6,8,13H2,(H,14,16). The molecule has 1 amide bonds. The Hall–Kier alpha value is -1.60. The highest BCUT2D eigenvalue weighted by molar-refractivity contribution is 7.88. The van der Waals surface area contributed by atoms with Gasteiger partial charge in [0.2, 0.25) is 15.9 Å². The van der Waals surface area contributed by atoms with Gasteiger partial charge in [0, 0.05) is 12.2 Å². The SMILES string of the molecule is Nc1cccc(CS(=O)(=O)NC2CCCNC2=O)c1. The first kappa shape index (κ1) is 13.8. The highest BCUT2D eigenvalue weighted by atomic mass is 32.2. The lowest BCUT2D eigenvalue weighted by atomic mass is 10.1. The Labute approximate surface area is 112 Å². The van der Waals surface area contributed by atoms with Crippen LogP contribution in [0.5, 0.6) is 0 Å². The van der Waals surface area contributed by atoms with Gasteiger partial charge in [-0.1, -0.05) is 12.1 Å². The number of benzene rings is 1. The Kier molecular flexibility index (Phi) is 4.06. The van der Waals surface area contributed by atoms with E-state index in [-0.39, 0.29) is 11.7 Å². The van der Waals surface area contributed by atoms with Gasteiger partial charge in [-0.2, -0.15) is 0 Å². The van der Waals surface area contributed by atoms with Gasteiger partial charge < -0.3 is 11.1 Å². The zero-order valence-corrected chi connectivity index (χ0v) is 11.2. The van der Waals surface area contributed by atoms with Crippen molar-refractivity contribution >= 4 is 21.6 Å². The second-order valence-corrected chi connectivity index (χ2v) is 6.36. The summed E-state index contributed by atoms with van der Waals surface area (Å²) in [6, 6.07) is 6.03. The summed E-state index contributed by atoms with van der Waals surface area (Å²) in [6.45, 7) is 0.603. The van der Waals surface area contributed by atoms with Gasteiger partial charge in [0.1, 0.15) is 6.04 Å². The maximum atomic E-state index is 12.0. The van der Waals surface area contributed by atoms with Gasteiger partial charge in [-0.05, 0) is 30.5 Å². The van der Waals surface area contributed by atoms with E-state index in [2.05, 4.69) is 10.0 Å². The Bertz CT molecular complexity index is 571. The van der Waals surface area contributed by atoms with E-state index in [1.807, 2.05) is 0 Å². The minimum Gasteiger partial charge on any atom is -0.399 e. The van der Waals surface area contributed by atoms with Crippen LogP contribution in [0.1, 0.15) is 18.4 Å². The van der Waals surface area contributed by atoms with Crippen LogP contribution in [0.15, 0.2) is 24.3 Å². The number of rotatable bonds is 4. The summed E-state index contributed by atoms with van der Waals surface area (Å²) in [7, 11) is -3.55. The quantitative estimate of drug-likeness (QED) is 0.675. The van der Waals surface area contributed by atoms with Crippen molar-refractivity contribution in [2.24, 2.45) is 0 Å². The molecule has 1 saturated heterocycles. The van der Waals surface area contributed by atoms with Crippen LogP contribution in [0, 0.1) is 0 Å². The summed E-state index contributed by atoms with van der Waals surface area (Å²) in [5.41, 5.74) is 6.72. The molecule has 0 spiro atoms. The number of hydrogen-bond donors (Lipinski definition) is 3. The number of hydrogen-bond acceptors (Lipinski definition) is 4. The molecule has 6 nitrogen and oxygen atoms in total. The van der Waals surface area contributed by atoms with E-state index in [1.54, 1.807) is 24.3 Å². The smallest absolute Gasteiger partial charge is 0.238 e. The average molecular weight is 283 g/mol. The second kappa shape index (κ2) is 5.58. The Morgan fingerprint density at radius 2 is 2.21 bits per heavy atom. The Balaban J connectivity index is 2.04. The van der Waals surface area contributed by atoms with E-state index in [0.717, 1.165) is 6.42 Å². The molecule has 1 unspecified atom stereocenters. The first-order valence-corrected chi connectivity index (χ1v) is 7.74. The van der Waals surface area contributed by atoms with Gasteiger partial charge in [0.05, 0.1) is 5.75 Å². The van der Waals surface area contributed by atoms with Crippen LogP contribution in [0.2, 0.25) is 0 Å². The zero-order valence-electron chi connectivity index (χ0n) is 10.4. The lowest BCUT2D eigenvalue weighted by Crippen LogP contribution is -2.50. The summed E-state index contributed by atoms with van der Waals surface area (Å²) in [5.74, 6) is -0.440. The van der Waals surface area contributed by atoms with Crippen molar-refractivity contribution in [1.29, 1.82) is 0 Å². The van der Waals surface area contributed by atoms with Crippen molar-refractivity contribution < 1.29 is 13.2 Å². The maximum Gasteiger partial charge on any atom is 0.238 e. The van der Waals surface area contributed by atoms with Crippen LogP contribution < -0.4 is 15.8 Å². The van der Waals surface area contributed by atoms with E-state index in [9.17, 15) is 13.2 Å². The van der Waals surface area contributed by atoms with Gasteiger partial charge in [-0.25, -0.2) is 13.1 Å². The molecule has 1 aliphatic heterocycles. The summed E-state index contributed by atoms with van der Waals surface area (Å²) in [5, 5.41) is 2.64. The normalized spacial score (nSPS) is 20.0. The molecule has 2 rings (SSSR count). The van der Waals surface area contributed by atoms with E-state index < -0.39 is 16.1 Å². The van der Waals surface area contributed by atoms with E-state index in [1.165, 1.54) is 0 Å². The molecule has 0 aromatic heterocycles. The molecule has 0 saturated carbocycles. The van der Waals surface area contributed by atoms with Crippen molar-refractivity contribution in [2.45, 2.75) is 24.6 Å². The molecule has 1 aromatic carbocycles. The molecular weight excluding hydrogens is 266 g/mol. The first-order valence-electron chi connectivity index (χ1n) is 6.08. The highest BCUT2D eigenvalue weighted by Crippen LogP contribution is 2.11. The molecule has 104 valence electrons. The average Bonchev–Trinajstić information content (AvgIpc) is 2.31. The minimum absolute atomic E-state index is 0.179. The number of nitrogens with one attached hydrogen (secondary N) is 2. The van der Waals surface area contributed by atoms with Gasteiger partial charge in [0.15, 0.2) is 0 Å². The third kappa shape index (κ3) is 3.93. The van der Waals surface area contributed by atoms with Gasteiger partial charge in [-0.15, -0.1) is 0 Å². The molecule has 4 N–H and O–H groups in total. The monoisotopic (exact) mass is 283 g/mol. The zero-order chi connectivity index (χ0) is 13.9. The van der Waals surface area contributed by atoms with Crippen molar-refractivity contribution in [3.05, 3.63) is 29.8 Å². The van der Waals surface area contributed by atoms with E-state index in [4.69, 9.17) is 5.73 Å². The fourth-order valence-electron chi connectivity index (χ4n) is 2.05. The number of sulfonamides is 1. The van der Waals surface area contributed by atoms with E-state index >= 15 is 0 Å². The Morgan fingerprint density at radius 3 is 2.89 bits per heavy atom. The number of amides is 1. The number of nitrogens with two attached hydrogens (primary N) is 1. The fraction of sp³-hybridized carbons (Fsp3) is 0.417. The van der Waals surface area contributed by atoms with Crippen LogP contribution in [-0.2, 0) is 20.6 Å². The highest BCUT2D eigenvalue weighted by Gasteiger charge is 2.26. The molecule has 7 heteroatoms. The molecule has 0 radical (unpaired) electrons. The lowest BCUT2D eigenvalue weighted by Gasteiger charge is -2.22. The maximum absolute atomic E-state index is 12.0. The number of piperidine rings is 1. The lowest BCUT2D eigenvalue weighted by molar-refractivity contribution is -0.124. The first-order chi connectivity index (χ1) is 8.96. The van der Waals surface area contributed by atoms with Crippen LogP contribution in [-0.4, -0.2) is 26.9 Å². The van der Waals surface area contributed by atoms with Gasteiger partial charge in [-0.3, -0.25) is 4.79 Å². The van der Waals surface area contributed by atoms with Crippen LogP contribution in [0.4, 0.5) is 5.69 Å². The Morgan fingerprint density at radius 1 is 1.42 bits per heavy atom. The number of anilines is 1. The van der Waals surface area contributed by atoms with Crippen LogP contribution in [0.3, 0.4) is 0 Å². The predicted octanol–water partition coefficient (Wildman–Crippen LogP) is -0.0332. The van der Waals surface area contributed by atoms with Gasteiger partial charge in [0.25, 0.3) is 0 Å². The molecule has 1 aliphatic rings. The summed E-state index contributed by atoms with van der Waals surface area (Å²) < 4.78 is 26.4. The third-order valence-electron chi connectivity index (χ3n) is 2.91. The number of carbonyl (C=O) groups excluding carboxylic acids is 1. The van der Waals surface area contributed by atoms with E-state index in [0.29, 0.717) is 24.2 Å². The predicted molar refractivity (Wildman–Crippen MR) is 72.6 cm³/mol. The van der Waals surface area contributed by atoms with Crippen LogP contribution >= 0.6 is 0 Å². The second-order valence-electron chi connectivity index (χ2n) is 4.61. The van der Waals surface area contributed by atoms with Crippen molar-refractivity contribution in [3.8, 4) is 0 Å². The molecular formula is C12H17N3O3S. The van der Waals surface area contributed by atoms with Crippen molar-refractivity contribution in [1.82, 2.24) is 10.0 Å². The fourth-order valence-corrected chi connectivity index (χ4v) is 3.41. The molecule has 0 bridgehead atoms. The molecule has 1 heterocycles. The molecule has 0 aliphatic carbocycles. The number of carbonyl (C=O) groups is 1. The summed E-state index contributed by atoms with van der Waals surface area (Å²) >= 11 is 0. The van der Waals surface area contributed by atoms with Crippen molar-refractivity contribution in [3.63, 3.8) is 0 Å². The minimum atomic E-state index is -3.55. The third-order valence-corrected chi connectivity index (χ3v) is 4.27. The van der Waals surface area contributed by atoms with Crippen LogP contribution in [0.25, 0.3) is 0 Å². The molecule has 1 aromatic rings. The van der Waals surface area contributed by atoms with Gasteiger partial charge >= 0.3 is 0 Å². The van der Waals surface area contributed by atoms with Crippen molar-refractivity contribution in [2.75, 3.05) is 12.3 Å². The summed E-state index contributed by atoms with van der Waals surface area (Å²) in [6.07, 6.45) is 1.30. The molecule has 19 heavy (non-hydrogen) atoms. The molecule has 1 fully saturated rings. The summed E-state index contributed by atoms with van der Waals surface area (Å²) in [4.78, 5) is 11.5.